The van der Waals surface area contributed by atoms with Crippen molar-refractivity contribution in [2.45, 2.75) is 19.3 Å². The number of aliphatic carboxylic acids is 1. The summed E-state index contributed by atoms with van der Waals surface area (Å²) >= 11 is 5.80. The summed E-state index contributed by atoms with van der Waals surface area (Å²) in [5.41, 5.74) is 0.659. The van der Waals surface area contributed by atoms with Crippen molar-refractivity contribution in [2.75, 3.05) is 5.32 Å². The first-order valence-corrected chi connectivity index (χ1v) is 7.23. The van der Waals surface area contributed by atoms with E-state index < -0.39 is 17.8 Å². The first-order chi connectivity index (χ1) is 9.56. The van der Waals surface area contributed by atoms with Gasteiger partial charge in [-0.3, -0.25) is 9.59 Å². The van der Waals surface area contributed by atoms with Crippen LogP contribution in [0, 0.1) is 23.7 Å². The molecule has 106 valence electrons. The molecule has 1 aromatic rings. The number of carbonyl (C=O) groups excluding carboxylic acids is 1. The molecule has 20 heavy (non-hydrogen) atoms. The zero-order chi connectivity index (χ0) is 14.3. The number of carbonyl (C=O) groups is 2. The summed E-state index contributed by atoms with van der Waals surface area (Å²) in [6.45, 7) is 0. The molecule has 2 aliphatic carbocycles. The van der Waals surface area contributed by atoms with Gasteiger partial charge in [-0.25, -0.2) is 0 Å². The number of anilines is 1. The monoisotopic (exact) mass is 293 g/mol. The molecule has 1 amide bonds. The van der Waals surface area contributed by atoms with Gasteiger partial charge in [0, 0.05) is 10.7 Å². The van der Waals surface area contributed by atoms with Gasteiger partial charge in [-0.15, -0.1) is 0 Å². The maximum Gasteiger partial charge on any atom is 0.307 e. The molecule has 0 heterocycles. The van der Waals surface area contributed by atoms with E-state index in [1.54, 1.807) is 24.3 Å². The number of carboxylic acid groups (broad SMARTS) is 1. The SMILES string of the molecule is O=C(O)[C@@H]1[C@H]2CC[C@@H](C2)[C@H]1C(=O)Nc1ccc(Cl)cc1. The summed E-state index contributed by atoms with van der Waals surface area (Å²) in [5.74, 6) is -1.56. The Morgan fingerprint density at radius 3 is 2.30 bits per heavy atom. The van der Waals surface area contributed by atoms with E-state index in [0.717, 1.165) is 19.3 Å². The largest absolute Gasteiger partial charge is 0.481 e. The normalized spacial score (nSPS) is 31.2. The van der Waals surface area contributed by atoms with Crippen molar-refractivity contribution in [1.29, 1.82) is 0 Å². The second-order valence-corrected chi connectivity index (χ2v) is 6.16. The Morgan fingerprint density at radius 2 is 1.70 bits per heavy atom. The van der Waals surface area contributed by atoms with Crippen LogP contribution in [0.4, 0.5) is 5.69 Å². The molecule has 2 bridgehead atoms. The minimum atomic E-state index is -0.839. The van der Waals surface area contributed by atoms with E-state index in [9.17, 15) is 14.7 Å². The molecule has 2 N–H and O–H groups in total. The molecule has 2 aliphatic rings. The quantitative estimate of drug-likeness (QED) is 0.900. The lowest BCUT2D eigenvalue weighted by atomic mass is 9.78. The van der Waals surface area contributed by atoms with Crippen LogP contribution in [0.2, 0.25) is 5.02 Å². The number of amides is 1. The van der Waals surface area contributed by atoms with Crippen molar-refractivity contribution < 1.29 is 14.7 Å². The van der Waals surface area contributed by atoms with Gasteiger partial charge in [-0.05, 0) is 55.4 Å². The Kier molecular flexibility index (Phi) is 3.42. The lowest BCUT2D eigenvalue weighted by molar-refractivity contribution is -0.148. The molecule has 1 aromatic carbocycles. The molecule has 4 nitrogen and oxygen atoms in total. The zero-order valence-electron chi connectivity index (χ0n) is 10.9. The fraction of sp³-hybridized carbons (Fsp3) is 0.467. The highest BCUT2D eigenvalue weighted by Crippen LogP contribution is 2.52. The smallest absolute Gasteiger partial charge is 0.307 e. The highest BCUT2D eigenvalue weighted by atomic mass is 35.5. The van der Waals surface area contributed by atoms with Crippen molar-refractivity contribution in [3.63, 3.8) is 0 Å². The Morgan fingerprint density at radius 1 is 1.10 bits per heavy atom. The second kappa shape index (κ2) is 5.09. The zero-order valence-corrected chi connectivity index (χ0v) is 11.6. The summed E-state index contributed by atoms with van der Waals surface area (Å²) in [6.07, 6.45) is 2.77. The van der Waals surface area contributed by atoms with E-state index in [-0.39, 0.29) is 17.7 Å². The fourth-order valence-electron chi connectivity index (χ4n) is 3.78. The summed E-state index contributed by atoms with van der Waals surface area (Å²) < 4.78 is 0. The van der Waals surface area contributed by atoms with Gasteiger partial charge in [0.2, 0.25) is 5.91 Å². The molecule has 3 rings (SSSR count). The average Bonchev–Trinajstić information content (AvgIpc) is 3.01. The van der Waals surface area contributed by atoms with E-state index in [1.165, 1.54) is 0 Å². The molecular weight excluding hydrogens is 278 g/mol. The molecule has 0 unspecified atom stereocenters. The summed E-state index contributed by atoms with van der Waals surface area (Å²) in [4.78, 5) is 23.8. The van der Waals surface area contributed by atoms with Gasteiger partial charge >= 0.3 is 5.97 Å². The number of hydrogen-bond acceptors (Lipinski definition) is 2. The van der Waals surface area contributed by atoms with Gasteiger partial charge in [-0.1, -0.05) is 11.6 Å². The Balaban J connectivity index is 1.76. The van der Waals surface area contributed by atoms with Gasteiger partial charge in [0.25, 0.3) is 0 Å². The van der Waals surface area contributed by atoms with Crippen LogP contribution >= 0.6 is 11.6 Å². The van der Waals surface area contributed by atoms with Crippen molar-refractivity contribution >= 4 is 29.2 Å². The topological polar surface area (TPSA) is 66.4 Å². The van der Waals surface area contributed by atoms with Gasteiger partial charge in [-0.2, -0.15) is 0 Å². The van der Waals surface area contributed by atoms with E-state index in [0.29, 0.717) is 10.7 Å². The maximum absolute atomic E-state index is 12.4. The second-order valence-electron chi connectivity index (χ2n) is 5.72. The molecular formula is C15H16ClNO3. The third kappa shape index (κ3) is 2.29. The van der Waals surface area contributed by atoms with Gasteiger partial charge in [0.05, 0.1) is 11.8 Å². The fourth-order valence-corrected chi connectivity index (χ4v) is 3.91. The van der Waals surface area contributed by atoms with E-state index in [2.05, 4.69) is 5.32 Å². The number of fused-ring (bicyclic) bond motifs is 2. The summed E-state index contributed by atoms with van der Waals surface area (Å²) in [5, 5.41) is 12.8. The number of halogens is 1. The standard InChI is InChI=1S/C15H16ClNO3/c16-10-3-5-11(6-4-10)17-14(18)12-8-1-2-9(7-8)13(12)15(19)20/h3-6,8-9,12-13H,1-2,7H2,(H,17,18)(H,19,20)/t8-,9-,12+,13+/m0/s1. The van der Waals surface area contributed by atoms with Crippen molar-refractivity contribution in [1.82, 2.24) is 0 Å². The third-order valence-electron chi connectivity index (χ3n) is 4.62. The van der Waals surface area contributed by atoms with Crippen LogP contribution in [0.25, 0.3) is 0 Å². The first kappa shape index (κ1) is 13.4. The first-order valence-electron chi connectivity index (χ1n) is 6.85. The van der Waals surface area contributed by atoms with E-state index >= 15 is 0 Å². The highest BCUT2D eigenvalue weighted by molar-refractivity contribution is 6.30. The van der Waals surface area contributed by atoms with Crippen LogP contribution in [-0.4, -0.2) is 17.0 Å². The Labute approximate surface area is 122 Å². The van der Waals surface area contributed by atoms with Gasteiger partial charge in [0.15, 0.2) is 0 Å². The predicted molar refractivity (Wildman–Crippen MR) is 75.5 cm³/mol. The number of carboxylic acids is 1. The minimum absolute atomic E-state index is 0.165. The average molecular weight is 294 g/mol. The summed E-state index contributed by atoms with van der Waals surface area (Å²) in [6, 6.07) is 6.85. The number of rotatable bonds is 3. The molecule has 2 fully saturated rings. The molecule has 0 saturated heterocycles. The lowest BCUT2D eigenvalue weighted by Gasteiger charge is -2.27. The molecule has 5 heteroatoms. The molecule has 0 aliphatic heterocycles. The minimum Gasteiger partial charge on any atom is -0.481 e. The summed E-state index contributed by atoms with van der Waals surface area (Å²) in [7, 11) is 0. The van der Waals surface area contributed by atoms with Crippen LogP contribution in [0.1, 0.15) is 19.3 Å². The van der Waals surface area contributed by atoms with E-state index in [1.807, 2.05) is 0 Å². The lowest BCUT2D eigenvalue weighted by Crippen LogP contribution is -2.37. The molecule has 0 spiro atoms. The molecule has 4 atom stereocenters. The molecule has 0 radical (unpaired) electrons. The van der Waals surface area contributed by atoms with Crippen molar-refractivity contribution in [2.24, 2.45) is 23.7 Å². The van der Waals surface area contributed by atoms with Crippen LogP contribution in [-0.2, 0) is 9.59 Å². The Hall–Kier alpha value is -1.55. The predicted octanol–water partition coefficient (Wildman–Crippen LogP) is 3.03. The number of hydrogen-bond donors (Lipinski definition) is 2. The number of nitrogens with one attached hydrogen (secondary N) is 1. The van der Waals surface area contributed by atoms with Gasteiger partial charge in [0.1, 0.15) is 0 Å². The van der Waals surface area contributed by atoms with Crippen LogP contribution in [0.5, 0.6) is 0 Å². The van der Waals surface area contributed by atoms with Gasteiger partial charge < -0.3 is 10.4 Å². The Bertz CT molecular complexity index is 543. The third-order valence-corrected chi connectivity index (χ3v) is 4.87. The van der Waals surface area contributed by atoms with Crippen LogP contribution in [0.15, 0.2) is 24.3 Å². The molecule has 2 saturated carbocycles. The van der Waals surface area contributed by atoms with E-state index in [4.69, 9.17) is 11.6 Å². The van der Waals surface area contributed by atoms with Crippen molar-refractivity contribution in [3.05, 3.63) is 29.3 Å². The molecule has 0 aromatic heterocycles. The van der Waals surface area contributed by atoms with Crippen LogP contribution < -0.4 is 5.32 Å². The maximum atomic E-state index is 12.4. The number of benzene rings is 1. The van der Waals surface area contributed by atoms with Crippen LogP contribution in [0.3, 0.4) is 0 Å². The highest BCUT2D eigenvalue weighted by Gasteiger charge is 2.53. The van der Waals surface area contributed by atoms with Crippen molar-refractivity contribution in [3.8, 4) is 0 Å².